The average molecular weight is 464 g/mol. The number of imidazole rings is 1. The monoisotopic (exact) mass is 463 g/mol. The molecule has 1 unspecified atom stereocenters. The van der Waals surface area contributed by atoms with Crippen molar-refractivity contribution in [3.8, 4) is 17.1 Å². The SMILES string of the molecule is COc1ccc(-c2nc3ccc(C(=O)OC(C)C(=O)Nc4cc(Cl)ccc4C)cc3[nH]2)cc1. The minimum absolute atomic E-state index is 0.311. The van der Waals surface area contributed by atoms with E-state index in [9.17, 15) is 9.59 Å². The highest BCUT2D eigenvalue weighted by atomic mass is 35.5. The zero-order valence-corrected chi connectivity index (χ0v) is 19.1. The number of carbonyl (C=O) groups is 2. The number of benzene rings is 3. The molecule has 0 saturated heterocycles. The number of anilines is 1. The third-order valence-corrected chi connectivity index (χ3v) is 5.43. The topological polar surface area (TPSA) is 93.3 Å². The number of carbonyl (C=O) groups excluding carboxylic acids is 2. The number of nitrogens with zero attached hydrogens (tertiary/aromatic N) is 1. The quantitative estimate of drug-likeness (QED) is 0.374. The molecule has 0 aliphatic heterocycles. The number of fused-ring (bicyclic) bond motifs is 1. The van der Waals surface area contributed by atoms with Gasteiger partial charge in [0.1, 0.15) is 11.6 Å². The lowest BCUT2D eigenvalue weighted by Crippen LogP contribution is -2.30. The largest absolute Gasteiger partial charge is 0.497 e. The predicted molar refractivity (Wildman–Crippen MR) is 128 cm³/mol. The van der Waals surface area contributed by atoms with Crippen molar-refractivity contribution in [1.29, 1.82) is 0 Å². The maximum Gasteiger partial charge on any atom is 0.338 e. The first-order valence-electron chi connectivity index (χ1n) is 10.3. The van der Waals surface area contributed by atoms with Gasteiger partial charge in [0.25, 0.3) is 5.91 Å². The molecule has 1 aromatic heterocycles. The predicted octanol–water partition coefficient (Wildman–Crippen LogP) is 5.38. The number of methoxy groups -OCH3 is 1. The Bertz CT molecular complexity index is 1330. The summed E-state index contributed by atoms with van der Waals surface area (Å²) in [6.07, 6.45) is -0.997. The van der Waals surface area contributed by atoms with Gasteiger partial charge in [-0.15, -0.1) is 0 Å². The Kier molecular flexibility index (Phi) is 6.33. The van der Waals surface area contributed by atoms with Gasteiger partial charge >= 0.3 is 5.97 Å². The summed E-state index contributed by atoms with van der Waals surface area (Å²) in [6, 6.07) is 17.7. The van der Waals surface area contributed by atoms with Gasteiger partial charge in [0.05, 0.1) is 23.7 Å². The standard InChI is InChI=1S/C25H22ClN3O4/c1-14-4-8-18(26)13-21(14)29-24(30)15(2)33-25(31)17-7-11-20-22(12-17)28-23(27-20)16-5-9-19(32-3)10-6-16/h4-13,15H,1-3H3,(H,27,28)(H,29,30). The number of hydrogen-bond acceptors (Lipinski definition) is 5. The van der Waals surface area contributed by atoms with Gasteiger partial charge in [-0.25, -0.2) is 9.78 Å². The Morgan fingerprint density at radius 1 is 1.06 bits per heavy atom. The van der Waals surface area contributed by atoms with Crippen LogP contribution in [-0.2, 0) is 9.53 Å². The molecule has 0 fully saturated rings. The molecule has 7 nitrogen and oxygen atoms in total. The second kappa shape index (κ2) is 9.34. The van der Waals surface area contributed by atoms with Crippen molar-refractivity contribution in [3.05, 3.63) is 76.8 Å². The van der Waals surface area contributed by atoms with Crippen LogP contribution >= 0.6 is 11.6 Å². The molecule has 1 heterocycles. The minimum Gasteiger partial charge on any atom is -0.497 e. The Morgan fingerprint density at radius 3 is 2.55 bits per heavy atom. The van der Waals surface area contributed by atoms with Gasteiger partial charge in [0.2, 0.25) is 0 Å². The lowest BCUT2D eigenvalue weighted by Gasteiger charge is -2.15. The van der Waals surface area contributed by atoms with E-state index in [1.807, 2.05) is 31.2 Å². The van der Waals surface area contributed by atoms with Gasteiger partial charge in [0, 0.05) is 16.3 Å². The first-order valence-corrected chi connectivity index (χ1v) is 10.6. The smallest absolute Gasteiger partial charge is 0.338 e. The lowest BCUT2D eigenvalue weighted by molar-refractivity contribution is -0.123. The molecule has 0 bridgehead atoms. The summed E-state index contributed by atoms with van der Waals surface area (Å²) >= 11 is 6.00. The van der Waals surface area contributed by atoms with E-state index >= 15 is 0 Å². The van der Waals surface area contributed by atoms with Crippen molar-refractivity contribution in [2.45, 2.75) is 20.0 Å². The summed E-state index contributed by atoms with van der Waals surface area (Å²) in [5.74, 6) is 0.368. The van der Waals surface area contributed by atoms with E-state index in [0.717, 1.165) is 16.9 Å². The van der Waals surface area contributed by atoms with Crippen molar-refractivity contribution in [3.63, 3.8) is 0 Å². The fourth-order valence-electron chi connectivity index (χ4n) is 3.27. The number of H-pyrrole nitrogens is 1. The first-order chi connectivity index (χ1) is 15.8. The number of nitrogens with one attached hydrogen (secondary N) is 2. The molecular weight excluding hydrogens is 442 g/mol. The molecule has 1 amide bonds. The average Bonchev–Trinajstić information content (AvgIpc) is 3.24. The second-order valence-electron chi connectivity index (χ2n) is 7.54. The highest BCUT2D eigenvalue weighted by Gasteiger charge is 2.20. The van der Waals surface area contributed by atoms with Gasteiger partial charge in [-0.1, -0.05) is 17.7 Å². The van der Waals surface area contributed by atoms with Gasteiger partial charge in [-0.2, -0.15) is 0 Å². The zero-order chi connectivity index (χ0) is 23.5. The van der Waals surface area contributed by atoms with E-state index in [4.69, 9.17) is 21.1 Å². The number of ether oxygens (including phenoxy) is 2. The summed E-state index contributed by atoms with van der Waals surface area (Å²) in [4.78, 5) is 32.9. The molecule has 4 aromatic rings. The van der Waals surface area contributed by atoms with Crippen LogP contribution < -0.4 is 10.1 Å². The molecular formula is C25H22ClN3O4. The van der Waals surface area contributed by atoms with Crippen LogP contribution in [0, 0.1) is 6.92 Å². The van der Waals surface area contributed by atoms with E-state index < -0.39 is 18.0 Å². The number of amides is 1. The number of rotatable bonds is 6. The van der Waals surface area contributed by atoms with Crippen LogP contribution in [0.1, 0.15) is 22.8 Å². The number of aromatic nitrogens is 2. The molecule has 2 N–H and O–H groups in total. The first kappa shape index (κ1) is 22.4. The van der Waals surface area contributed by atoms with Crippen molar-refractivity contribution in [1.82, 2.24) is 9.97 Å². The Labute approximate surface area is 195 Å². The number of aryl methyl sites for hydroxylation is 1. The summed E-state index contributed by atoms with van der Waals surface area (Å²) in [5, 5.41) is 3.24. The van der Waals surface area contributed by atoms with Crippen LogP contribution in [0.4, 0.5) is 5.69 Å². The maximum absolute atomic E-state index is 12.7. The molecule has 168 valence electrons. The third kappa shape index (κ3) is 4.99. The normalized spacial score (nSPS) is 11.8. The lowest BCUT2D eigenvalue weighted by atomic mass is 10.2. The number of halogens is 1. The Hall–Kier alpha value is -3.84. The Morgan fingerprint density at radius 2 is 1.82 bits per heavy atom. The van der Waals surface area contributed by atoms with E-state index in [1.54, 1.807) is 43.5 Å². The van der Waals surface area contributed by atoms with Gasteiger partial charge in [0.15, 0.2) is 6.10 Å². The van der Waals surface area contributed by atoms with E-state index in [2.05, 4.69) is 15.3 Å². The van der Waals surface area contributed by atoms with Crippen molar-refractivity contribution >= 4 is 40.2 Å². The number of aromatic amines is 1. The van der Waals surface area contributed by atoms with Crippen LogP contribution in [0.2, 0.25) is 5.02 Å². The summed E-state index contributed by atoms with van der Waals surface area (Å²) in [5.41, 5.74) is 4.01. The minimum atomic E-state index is -0.997. The van der Waals surface area contributed by atoms with Crippen molar-refractivity contribution < 1.29 is 19.1 Å². The molecule has 3 aromatic carbocycles. The fourth-order valence-corrected chi connectivity index (χ4v) is 3.44. The summed E-state index contributed by atoms with van der Waals surface area (Å²) in [6.45, 7) is 3.37. The fraction of sp³-hybridized carbons (Fsp3) is 0.160. The van der Waals surface area contributed by atoms with Crippen LogP contribution in [0.3, 0.4) is 0 Å². The second-order valence-corrected chi connectivity index (χ2v) is 7.98. The highest BCUT2D eigenvalue weighted by molar-refractivity contribution is 6.31. The summed E-state index contributed by atoms with van der Waals surface area (Å²) in [7, 11) is 1.61. The number of esters is 1. The van der Waals surface area contributed by atoms with Crippen LogP contribution in [0.25, 0.3) is 22.4 Å². The van der Waals surface area contributed by atoms with Crippen LogP contribution in [0.15, 0.2) is 60.7 Å². The maximum atomic E-state index is 12.7. The molecule has 8 heteroatoms. The van der Waals surface area contributed by atoms with Crippen molar-refractivity contribution in [2.24, 2.45) is 0 Å². The molecule has 0 aliphatic carbocycles. The Balaban J connectivity index is 1.47. The van der Waals surface area contributed by atoms with Crippen molar-refractivity contribution in [2.75, 3.05) is 12.4 Å². The van der Waals surface area contributed by atoms with Crippen LogP contribution in [-0.4, -0.2) is 35.1 Å². The van der Waals surface area contributed by atoms with Crippen LogP contribution in [0.5, 0.6) is 5.75 Å². The van der Waals surface area contributed by atoms with E-state index in [0.29, 0.717) is 33.1 Å². The summed E-state index contributed by atoms with van der Waals surface area (Å²) < 4.78 is 10.6. The molecule has 0 saturated carbocycles. The molecule has 0 spiro atoms. The van der Waals surface area contributed by atoms with E-state index in [-0.39, 0.29) is 0 Å². The number of hydrogen-bond donors (Lipinski definition) is 2. The molecule has 0 radical (unpaired) electrons. The molecule has 1 atom stereocenters. The highest BCUT2D eigenvalue weighted by Crippen LogP contribution is 2.24. The van der Waals surface area contributed by atoms with E-state index in [1.165, 1.54) is 6.92 Å². The molecule has 33 heavy (non-hydrogen) atoms. The molecule has 0 aliphatic rings. The zero-order valence-electron chi connectivity index (χ0n) is 18.3. The molecule has 4 rings (SSSR count). The third-order valence-electron chi connectivity index (χ3n) is 5.19. The van der Waals surface area contributed by atoms with Gasteiger partial charge in [-0.3, -0.25) is 4.79 Å². The van der Waals surface area contributed by atoms with Gasteiger partial charge < -0.3 is 19.8 Å². The van der Waals surface area contributed by atoms with Gasteiger partial charge in [-0.05, 0) is 74.0 Å².